The van der Waals surface area contributed by atoms with Crippen LogP contribution in [-0.4, -0.2) is 18.6 Å². The van der Waals surface area contributed by atoms with Crippen LogP contribution in [0.15, 0.2) is 24.3 Å². The van der Waals surface area contributed by atoms with Gasteiger partial charge in [0.2, 0.25) is 0 Å². The first-order chi connectivity index (χ1) is 9.47. The maximum atomic E-state index is 10.7. The van der Waals surface area contributed by atoms with Crippen LogP contribution in [0.3, 0.4) is 0 Å². The average Bonchev–Trinajstić information content (AvgIpc) is 2.40. The van der Waals surface area contributed by atoms with Crippen molar-refractivity contribution in [1.29, 1.82) is 0 Å². The third-order valence-electron chi connectivity index (χ3n) is 4.08. The van der Waals surface area contributed by atoms with Gasteiger partial charge in [-0.3, -0.25) is 4.79 Å². The summed E-state index contributed by atoms with van der Waals surface area (Å²) in [5.41, 5.74) is 6.47. The van der Waals surface area contributed by atoms with E-state index in [2.05, 4.69) is 19.2 Å². The molecule has 1 fully saturated rings. The highest BCUT2D eigenvalue weighted by Crippen LogP contribution is 2.37. The van der Waals surface area contributed by atoms with Gasteiger partial charge in [-0.15, -0.1) is 0 Å². The normalized spacial score (nSPS) is 21.2. The van der Waals surface area contributed by atoms with Crippen molar-refractivity contribution >= 4 is 11.6 Å². The molecule has 3 N–H and O–H groups in total. The Morgan fingerprint density at radius 3 is 2.65 bits per heavy atom. The van der Waals surface area contributed by atoms with Crippen molar-refractivity contribution in [2.45, 2.75) is 45.6 Å². The summed E-state index contributed by atoms with van der Waals surface area (Å²) < 4.78 is 5.25. The molecule has 1 atom stereocenters. The maximum Gasteiger partial charge on any atom is 0.255 e. The highest BCUT2D eigenvalue weighted by atomic mass is 16.5. The minimum absolute atomic E-state index is 0.0809. The first-order valence-electron chi connectivity index (χ1n) is 7.25. The van der Waals surface area contributed by atoms with Gasteiger partial charge in [-0.05, 0) is 42.5 Å². The lowest BCUT2D eigenvalue weighted by Gasteiger charge is -2.39. The number of hydrogen-bond acceptors (Lipinski definition) is 3. The summed E-state index contributed by atoms with van der Waals surface area (Å²) in [5, 5.41) is 3.62. The Hall–Kier alpha value is -1.71. The summed E-state index contributed by atoms with van der Waals surface area (Å²) in [6, 6.07) is 8.21. The van der Waals surface area contributed by atoms with Crippen LogP contribution in [0.4, 0.5) is 5.69 Å². The molecule has 1 saturated carbocycles. The lowest BCUT2D eigenvalue weighted by Crippen LogP contribution is -2.38. The zero-order valence-corrected chi connectivity index (χ0v) is 12.3. The van der Waals surface area contributed by atoms with Gasteiger partial charge < -0.3 is 15.8 Å². The number of primary amides is 1. The van der Waals surface area contributed by atoms with Crippen LogP contribution in [0.2, 0.25) is 0 Å². The van der Waals surface area contributed by atoms with Crippen LogP contribution >= 0.6 is 0 Å². The molecule has 0 radical (unpaired) electrons. The molecule has 110 valence electrons. The Kier molecular flexibility index (Phi) is 4.53. The number of nitrogens with two attached hydrogens (primary N) is 1. The Labute approximate surface area is 120 Å². The molecule has 1 aromatic carbocycles. The van der Waals surface area contributed by atoms with Gasteiger partial charge in [-0.25, -0.2) is 0 Å². The molecule has 1 aliphatic carbocycles. The molecule has 4 heteroatoms. The minimum atomic E-state index is -0.462. The van der Waals surface area contributed by atoms with Crippen molar-refractivity contribution in [1.82, 2.24) is 0 Å². The number of carbonyl (C=O) groups excluding carboxylic acids is 1. The fourth-order valence-corrected chi connectivity index (χ4v) is 2.76. The topological polar surface area (TPSA) is 64.3 Å². The van der Waals surface area contributed by atoms with Crippen molar-refractivity contribution in [2.24, 2.45) is 11.1 Å². The van der Waals surface area contributed by atoms with Crippen LogP contribution in [0.1, 0.15) is 39.5 Å². The Bertz CT molecular complexity index is 454. The molecule has 0 bridgehead atoms. The van der Waals surface area contributed by atoms with Gasteiger partial charge in [0.25, 0.3) is 5.91 Å². The fraction of sp³-hybridized carbons (Fsp3) is 0.562. The van der Waals surface area contributed by atoms with Crippen molar-refractivity contribution in [3.8, 4) is 5.75 Å². The van der Waals surface area contributed by atoms with Crippen LogP contribution in [-0.2, 0) is 4.79 Å². The monoisotopic (exact) mass is 276 g/mol. The van der Waals surface area contributed by atoms with E-state index in [0.717, 1.165) is 5.69 Å². The van der Waals surface area contributed by atoms with E-state index in [4.69, 9.17) is 10.5 Å². The van der Waals surface area contributed by atoms with Crippen molar-refractivity contribution in [3.05, 3.63) is 24.3 Å². The molecule has 4 nitrogen and oxygen atoms in total. The SMILES string of the molecule is CC1(C)CCCCC1Nc1ccc(OCC(N)=O)cc1. The molecular formula is C16H24N2O2. The molecule has 20 heavy (non-hydrogen) atoms. The van der Waals surface area contributed by atoms with Gasteiger partial charge in [-0.1, -0.05) is 26.7 Å². The number of ether oxygens (including phenoxy) is 1. The predicted octanol–water partition coefficient (Wildman–Crippen LogP) is 2.93. The summed E-state index contributed by atoms with van der Waals surface area (Å²) in [7, 11) is 0. The number of benzene rings is 1. The predicted molar refractivity (Wildman–Crippen MR) is 80.8 cm³/mol. The largest absolute Gasteiger partial charge is 0.484 e. The highest BCUT2D eigenvalue weighted by Gasteiger charge is 2.31. The zero-order chi connectivity index (χ0) is 14.6. The van der Waals surface area contributed by atoms with Crippen LogP contribution < -0.4 is 15.8 Å². The van der Waals surface area contributed by atoms with E-state index in [1.165, 1.54) is 25.7 Å². The molecule has 0 aromatic heterocycles. The van der Waals surface area contributed by atoms with Gasteiger partial charge in [0.15, 0.2) is 6.61 Å². The van der Waals surface area contributed by atoms with Crippen LogP contribution in [0, 0.1) is 5.41 Å². The number of nitrogens with one attached hydrogen (secondary N) is 1. The molecule has 1 unspecified atom stereocenters. The van der Waals surface area contributed by atoms with E-state index in [1.807, 2.05) is 24.3 Å². The van der Waals surface area contributed by atoms with E-state index in [-0.39, 0.29) is 6.61 Å². The second-order valence-corrected chi connectivity index (χ2v) is 6.21. The first kappa shape index (κ1) is 14.7. The lowest BCUT2D eigenvalue weighted by atomic mass is 9.73. The second kappa shape index (κ2) is 6.16. The second-order valence-electron chi connectivity index (χ2n) is 6.21. The molecular weight excluding hydrogens is 252 g/mol. The molecule has 0 aliphatic heterocycles. The molecule has 1 aromatic rings. The number of hydrogen-bond donors (Lipinski definition) is 2. The molecule has 0 spiro atoms. The Morgan fingerprint density at radius 1 is 1.35 bits per heavy atom. The van der Waals surface area contributed by atoms with Gasteiger partial charge in [0.1, 0.15) is 5.75 Å². The van der Waals surface area contributed by atoms with Crippen LogP contribution in [0.25, 0.3) is 0 Å². The molecule has 1 aliphatic rings. The van der Waals surface area contributed by atoms with Gasteiger partial charge >= 0.3 is 0 Å². The van der Waals surface area contributed by atoms with Crippen LogP contribution in [0.5, 0.6) is 5.75 Å². The van der Waals surface area contributed by atoms with E-state index < -0.39 is 5.91 Å². The number of anilines is 1. The summed E-state index contributed by atoms with van der Waals surface area (Å²) in [6.07, 6.45) is 5.10. The third kappa shape index (κ3) is 3.89. The van der Waals surface area contributed by atoms with Crippen molar-refractivity contribution in [2.75, 3.05) is 11.9 Å². The average molecular weight is 276 g/mol. The third-order valence-corrected chi connectivity index (χ3v) is 4.08. The number of carbonyl (C=O) groups is 1. The van der Waals surface area contributed by atoms with Crippen molar-refractivity contribution < 1.29 is 9.53 Å². The smallest absolute Gasteiger partial charge is 0.255 e. The van der Waals surface area contributed by atoms with E-state index in [0.29, 0.717) is 17.2 Å². The highest BCUT2D eigenvalue weighted by molar-refractivity contribution is 5.75. The van der Waals surface area contributed by atoms with E-state index in [1.54, 1.807) is 0 Å². The minimum Gasteiger partial charge on any atom is -0.484 e. The zero-order valence-electron chi connectivity index (χ0n) is 12.3. The standard InChI is InChI=1S/C16H24N2O2/c1-16(2)10-4-3-5-14(16)18-12-6-8-13(9-7-12)20-11-15(17)19/h6-9,14,18H,3-5,10-11H2,1-2H3,(H2,17,19). The van der Waals surface area contributed by atoms with Gasteiger partial charge in [0, 0.05) is 11.7 Å². The lowest BCUT2D eigenvalue weighted by molar-refractivity contribution is -0.119. The molecule has 2 rings (SSSR count). The quantitative estimate of drug-likeness (QED) is 0.869. The molecule has 1 amide bonds. The summed E-state index contributed by atoms with van der Waals surface area (Å²) >= 11 is 0. The van der Waals surface area contributed by atoms with Crippen molar-refractivity contribution in [3.63, 3.8) is 0 Å². The Balaban J connectivity index is 1.94. The summed E-state index contributed by atoms with van der Waals surface area (Å²) in [6.45, 7) is 4.57. The summed E-state index contributed by atoms with van der Waals surface area (Å²) in [4.78, 5) is 10.7. The fourth-order valence-electron chi connectivity index (χ4n) is 2.76. The number of amides is 1. The first-order valence-corrected chi connectivity index (χ1v) is 7.25. The van der Waals surface area contributed by atoms with Gasteiger partial charge in [0.05, 0.1) is 0 Å². The van der Waals surface area contributed by atoms with E-state index in [9.17, 15) is 4.79 Å². The van der Waals surface area contributed by atoms with E-state index >= 15 is 0 Å². The molecule has 0 heterocycles. The molecule has 0 saturated heterocycles. The summed E-state index contributed by atoms with van der Waals surface area (Å²) in [5.74, 6) is 0.202. The Morgan fingerprint density at radius 2 is 2.05 bits per heavy atom. The maximum absolute atomic E-state index is 10.7. The number of rotatable bonds is 5. The van der Waals surface area contributed by atoms with Gasteiger partial charge in [-0.2, -0.15) is 0 Å².